The number of benzene rings is 2. The maximum atomic E-state index is 4.52. The Morgan fingerprint density at radius 2 is 1.46 bits per heavy atom. The van der Waals surface area contributed by atoms with Crippen molar-refractivity contribution >= 4 is 56.0 Å². The van der Waals surface area contributed by atoms with Crippen LogP contribution in [0.5, 0.6) is 0 Å². The highest BCUT2D eigenvalue weighted by Crippen LogP contribution is 2.29. The highest BCUT2D eigenvalue weighted by atomic mass is 127. The molecule has 116 valence electrons. The van der Waals surface area contributed by atoms with E-state index in [1.807, 2.05) is 18.5 Å². The van der Waals surface area contributed by atoms with Crippen molar-refractivity contribution in [1.29, 1.82) is 0 Å². The summed E-state index contributed by atoms with van der Waals surface area (Å²) >= 11 is 4.44. The summed E-state index contributed by atoms with van der Waals surface area (Å²) in [5.74, 6) is 0.764. The number of hydrogen-bond donors (Lipinski definition) is 0. The van der Waals surface area contributed by atoms with Gasteiger partial charge in [0, 0.05) is 29.4 Å². The Morgan fingerprint density at radius 3 is 2.21 bits per heavy atom. The molecule has 0 saturated heterocycles. The normalized spacial score (nSPS) is 10.9. The topological polar surface area (TPSA) is 38.7 Å². The van der Waals surface area contributed by atoms with Crippen LogP contribution in [-0.4, -0.2) is 15.0 Å². The highest BCUT2D eigenvalue weighted by Gasteiger charge is 2.07. The number of halogens is 2. The predicted molar refractivity (Wildman–Crippen MR) is 114 cm³/mol. The first-order valence-electron chi connectivity index (χ1n) is 7.34. The molecular formula is C19H11I2N3. The van der Waals surface area contributed by atoms with E-state index < -0.39 is 0 Å². The summed E-state index contributed by atoms with van der Waals surface area (Å²) in [6, 6.07) is 18.7. The van der Waals surface area contributed by atoms with Crippen LogP contribution in [0.2, 0.25) is 0 Å². The van der Waals surface area contributed by atoms with E-state index in [2.05, 4.69) is 109 Å². The van der Waals surface area contributed by atoms with Gasteiger partial charge in [-0.3, -0.25) is 4.98 Å². The van der Waals surface area contributed by atoms with Crippen LogP contribution >= 0.6 is 45.2 Å². The summed E-state index contributed by atoms with van der Waals surface area (Å²) < 4.78 is 1.90. The van der Waals surface area contributed by atoms with Crippen molar-refractivity contribution in [3.63, 3.8) is 0 Å². The van der Waals surface area contributed by atoms with Gasteiger partial charge in [-0.1, -0.05) is 42.5 Å². The molecule has 0 aliphatic rings. The maximum Gasteiger partial charge on any atom is 0.161 e. The van der Waals surface area contributed by atoms with Gasteiger partial charge in [0.1, 0.15) is 7.40 Å². The van der Waals surface area contributed by atoms with Gasteiger partial charge in [-0.05, 0) is 67.8 Å². The van der Waals surface area contributed by atoms with Gasteiger partial charge in [0.05, 0.1) is 0 Å². The van der Waals surface area contributed by atoms with Crippen LogP contribution in [-0.2, 0) is 0 Å². The number of rotatable bonds is 2. The molecule has 0 fully saturated rings. The molecule has 2 heterocycles. The van der Waals surface area contributed by atoms with Crippen LogP contribution < -0.4 is 0 Å². The zero-order valence-electron chi connectivity index (χ0n) is 12.4. The van der Waals surface area contributed by atoms with Crippen LogP contribution in [0.4, 0.5) is 0 Å². The van der Waals surface area contributed by atoms with Gasteiger partial charge in [0.15, 0.2) is 5.82 Å². The minimum Gasteiger partial charge on any atom is -0.264 e. The van der Waals surface area contributed by atoms with Crippen molar-refractivity contribution < 1.29 is 0 Å². The molecule has 0 aliphatic heterocycles. The molecule has 5 heteroatoms. The lowest BCUT2D eigenvalue weighted by Crippen LogP contribution is -1.94. The van der Waals surface area contributed by atoms with Crippen LogP contribution in [0.25, 0.3) is 33.3 Å². The van der Waals surface area contributed by atoms with Crippen molar-refractivity contribution in [2.45, 2.75) is 0 Å². The van der Waals surface area contributed by atoms with Gasteiger partial charge in [-0.2, -0.15) is 0 Å². The quantitative estimate of drug-likeness (QED) is 0.249. The fraction of sp³-hybridized carbons (Fsp3) is 0. The molecule has 0 amide bonds. The number of nitrogens with zero attached hydrogens (tertiary/aromatic N) is 3. The maximum absolute atomic E-state index is 4.52. The highest BCUT2D eigenvalue weighted by molar-refractivity contribution is 14.1. The molecule has 0 radical (unpaired) electrons. The molecule has 0 unspecified atom stereocenters. The fourth-order valence-corrected chi connectivity index (χ4v) is 4.34. The molecule has 0 bridgehead atoms. The minimum absolute atomic E-state index is 0.764. The van der Waals surface area contributed by atoms with Crippen molar-refractivity contribution in [3.05, 3.63) is 74.4 Å². The lowest BCUT2D eigenvalue weighted by atomic mass is 9.98. The Bertz CT molecular complexity index is 1000. The van der Waals surface area contributed by atoms with E-state index in [4.69, 9.17) is 0 Å². The number of aromatic nitrogens is 3. The average Bonchev–Trinajstić information content (AvgIpc) is 2.60. The Labute approximate surface area is 166 Å². The molecule has 2 aromatic carbocycles. The smallest absolute Gasteiger partial charge is 0.161 e. The molecule has 0 spiro atoms. The van der Waals surface area contributed by atoms with Crippen LogP contribution in [0, 0.1) is 7.40 Å². The van der Waals surface area contributed by atoms with Crippen molar-refractivity contribution in [2.75, 3.05) is 0 Å². The minimum atomic E-state index is 0.764. The van der Waals surface area contributed by atoms with Crippen molar-refractivity contribution in [2.24, 2.45) is 0 Å². The molecule has 4 aromatic rings. The number of fused-ring (bicyclic) bond motifs is 1. The van der Waals surface area contributed by atoms with Crippen LogP contribution in [0.1, 0.15) is 0 Å². The summed E-state index contributed by atoms with van der Waals surface area (Å²) in [6.45, 7) is 0. The zero-order chi connectivity index (χ0) is 16.5. The first kappa shape index (κ1) is 15.9. The lowest BCUT2D eigenvalue weighted by molar-refractivity contribution is 1.12. The Balaban J connectivity index is 1.78. The molecule has 0 saturated carbocycles. The lowest BCUT2D eigenvalue weighted by Gasteiger charge is -2.08. The van der Waals surface area contributed by atoms with E-state index in [0.717, 1.165) is 24.2 Å². The molecule has 24 heavy (non-hydrogen) atoms. The molecular weight excluding hydrogens is 524 g/mol. The van der Waals surface area contributed by atoms with Gasteiger partial charge < -0.3 is 0 Å². The molecule has 4 rings (SSSR count). The van der Waals surface area contributed by atoms with E-state index in [0.29, 0.717) is 0 Å². The standard InChI is InChI=1S/C19H11I2N3/c20-17-10-18(21)24-19(23-17)13-6-4-12(5-7-13)15-3-1-2-14-11-22-9-8-16(14)15/h1-11H. The first-order valence-corrected chi connectivity index (χ1v) is 9.50. The fourth-order valence-electron chi connectivity index (χ4n) is 2.69. The molecule has 0 N–H and O–H groups in total. The Morgan fingerprint density at radius 1 is 0.750 bits per heavy atom. The summed E-state index contributed by atoms with van der Waals surface area (Å²) in [7, 11) is 0. The second-order valence-corrected chi connectivity index (χ2v) is 7.53. The largest absolute Gasteiger partial charge is 0.264 e. The Hall–Kier alpha value is -1.61. The summed E-state index contributed by atoms with van der Waals surface area (Å²) in [4.78, 5) is 13.2. The molecule has 2 aromatic heterocycles. The van der Waals surface area contributed by atoms with Gasteiger partial charge in [0.25, 0.3) is 0 Å². The van der Waals surface area contributed by atoms with E-state index in [1.165, 1.54) is 16.5 Å². The monoisotopic (exact) mass is 535 g/mol. The van der Waals surface area contributed by atoms with Crippen LogP contribution in [0.15, 0.2) is 67.0 Å². The van der Waals surface area contributed by atoms with E-state index in [-0.39, 0.29) is 0 Å². The molecule has 3 nitrogen and oxygen atoms in total. The predicted octanol–water partition coefficient (Wildman–Crippen LogP) is 5.57. The zero-order valence-corrected chi connectivity index (χ0v) is 16.8. The van der Waals surface area contributed by atoms with Gasteiger partial charge in [0.2, 0.25) is 0 Å². The third-order valence-electron chi connectivity index (χ3n) is 3.80. The second-order valence-electron chi connectivity index (χ2n) is 5.32. The summed E-state index contributed by atoms with van der Waals surface area (Å²) in [5.41, 5.74) is 3.41. The van der Waals surface area contributed by atoms with Gasteiger partial charge in [-0.15, -0.1) is 0 Å². The molecule has 0 aliphatic carbocycles. The van der Waals surface area contributed by atoms with Crippen LogP contribution in [0.3, 0.4) is 0 Å². The van der Waals surface area contributed by atoms with Crippen molar-refractivity contribution in [3.8, 4) is 22.5 Å². The van der Waals surface area contributed by atoms with Crippen molar-refractivity contribution in [1.82, 2.24) is 15.0 Å². The Kier molecular flexibility index (Phi) is 4.45. The second kappa shape index (κ2) is 6.72. The van der Waals surface area contributed by atoms with E-state index in [1.54, 1.807) is 0 Å². The van der Waals surface area contributed by atoms with Gasteiger partial charge >= 0.3 is 0 Å². The van der Waals surface area contributed by atoms with Gasteiger partial charge in [-0.25, -0.2) is 9.97 Å². The SMILES string of the molecule is Ic1cc(I)nc(-c2ccc(-c3cccc4cnccc34)cc2)n1. The molecule has 0 atom stereocenters. The van der Waals surface area contributed by atoms with E-state index >= 15 is 0 Å². The number of hydrogen-bond acceptors (Lipinski definition) is 3. The third kappa shape index (κ3) is 3.14. The van der Waals surface area contributed by atoms with E-state index in [9.17, 15) is 0 Å². The summed E-state index contributed by atoms with van der Waals surface area (Å²) in [5, 5.41) is 2.36. The third-order valence-corrected chi connectivity index (χ3v) is 4.90. The average molecular weight is 535 g/mol. The summed E-state index contributed by atoms with van der Waals surface area (Å²) in [6.07, 6.45) is 3.73. The number of pyridine rings is 1. The first-order chi connectivity index (χ1) is 11.7.